The summed E-state index contributed by atoms with van der Waals surface area (Å²) in [6.45, 7) is 12.1. The average Bonchev–Trinajstić information content (AvgIpc) is 3.11. The van der Waals surface area contributed by atoms with Gasteiger partial charge in [0.25, 0.3) is 0 Å². The van der Waals surface area contributed by atoms with E-state index in [2.05, 4.69) is 58.9 Å². The Labute approximate surface area is 168 Å². The van der Waals surface area contributed by atoms with Crippen molar-refractivity contribution in [2.75, 3.05) is 0 Å². The van der Waals surface area contributed by atoms with Gasteiger partial charge in [-0.1, -0.05) is 58.9 Å². The summed E-state index contributed by atoms with van der Waals surface area (Å²) < 4.78 is 0. The van der Waals surface area contributed by atoms with Gasteiger partial charge >= 0.3 is 0 Å². The van der Waals surface area contributed by atoms with E-state index in [-0.39, 0.29) is 22.2 Å². The molecule has 0 spiro atoms. The lowest BCUT2D eigenvalue weighted by molar-refractivity contribution is 0.1000. The Kier molecular flexibility index (Phi) is 3.39. The van der Waals surface area contributed by atoms with E-state index in [1.54, 1.807) is 16.7 Å². The molecule has 0 aliphatic heterocycles. The Morgan fingerprint density at radius 2 is 1.61 bits per heavy atom. The summed E-state index contributed by atoms with van der Waals surface area (Å²) in [7, 11) is 0. The molecule has 2 heteroatoms. The third-order valence-electron chi connectivity index (χ3n) is 8.19. The van der Waals surface area contributed by atoms with Crippen LogP contribution in [0.25, 0.3) is 0 Å². The number of hydrogen-bond donors (Lipinski definition) is 1. The number of carbonyl (C=O) groups is 1. The van der Waals surface area contributed by atoms with E-state index in [1.807, 2.05) is 12.1 Å². The highest BCUT2D eigenvalue weighted by molar-refractivity contribution is 5.93. The van der Waals surface area contributed by atoms with Gasteiger partial charge in [-0.2, -0.15) is 0 Å². The van der Waals surface area contributed by atoms with Gasteiger partial charge in [0, 0.05) is 5.56 Å². The van der Waals surface area contributed by atoms with Crippen LogP contribution in [0.15, 0.2) is 36.4 Å². The van der Waals surface area contributed by atoms with Crippen LogP contribution in [0.3, 0.4) is 0 Å². The normalized spacial score (nSPS) is 30.9. The zero-order valence-corrected chi connectivity index (χ0v) is 17.7. The van der Waals surface area contributed by atoms with Gasteiger partial charge in [0.15, 0.2) is 0 Å². The summed E-state index contributed by atoms with van der Waals surface area (Å²) in [5, 5.41) is 0. The highest BCUT2D eigenvalue weighted by Crippen LogP contribution is 2.76. The minimum atomic E-state index is -0.328. The van der Waals surface area contributed by atoms with E-state index in [0.717, 1.165) is 6.42 Å². The molecule has 28 heavy (non-hydrogen) atoms. The first kappa shape index (κ1) is 18.0. The van der Waals surface area contributed by atoms with Gasteiger partial charge in [-0.05, 0) is 87.3 Å². The number of hydrogen-bond acceptors (Lipinski definition) is 1. The fourth-order valence-corrected chi connectivity index (χ4v) is 6.51. The molecule has 0 radical (unpaired) electrons. The fourth-order valence-electron chi connectivity index (χ4n) is 6.51. The van der Waals surface area contributed by atoms with E-state index in [1.165, 1.54) is 24.0 Å². The Bertz CT molecular complexity index is 1020. The van der Waals surface area contributed by atoms with E-state index < -0.39 is 0 Å². The third-order valence-corrected chi connectivity index (χ3v) is 8.19. The summed E-state index contributed by atoms with van der Waals surface area (Å²) in [6, 6.07) is 13.2. The molecule has 3 aliphatic rings. The first-order valence-corrected chi connectivity index (χ1v) is 10.6. The summed E-state index contributed by atoms with van der Waals surface area (Å²) in [6.07, 6.45) is 3.55. The molecule has 0 saturated heterocycles. The Morgan fingerprint density at radius 3 is 2.32 bits per heavy atom. The first-order valence-electron chi connectivity index (χ1n) is 10.6. The van der Waals surface area contributed by atoms with Crippen LogP contribution in [0, 0.1) is 5.41 Å². The lowest BCUT2D eigenvalue weighted by Crippen LogP contribution is -2.35. The second kappa shape index (κ2) is 5.28. The molecule has 0 aromatic heterocycles. The summed E-state index contributed by atoms with van der Waals surface area (Å²) in [5.41, 5.74) is 14.4. The van der Waals surface area contributed by atoms with E-state index in [9.17, 15) is 4.79 Å². The minimum absolute atomic E-state index is 0.230. The van der Waals surface area contributed by atoms with Crippen LogP contribution in [0.4, 0.5) is 0 Å². The highest BCUT2D eigenvalue weighted by atomic mass is 16.1. The van der Waals surface area contributed by atoms with Gasteiger partial charge < -0.3 is 5.73 Å². The van der Waals surface area contributed by atoms with Gasteiger partial charge in [0.2, 0.25) is 5.91 Å². The van der Waals surface area contributed by atoms with Gasteiger partial charge in [0.05, 0.1) is 0 Å². The van der Waals surface area contributed by atoms with E-state index >= 15 is 0 Å². The summed E-state index contributed by atoms with van der Waals surface area (Å²) in [4.78, 5) is 11.6. The highest BCUT2D eigenvalue weighted by Gasteiger charge is 2.66. The molecule has 0 bridgehead atoms. The van der Waals surface area contributed by atoms with Crippen LogP contribution >= 0.6 is 0 Å². The third kappa shape index (κ3) is 2.24. The van der Waals surface area contributed by atoms with Crippen LogP contribution in [0.2, 0.25) is 0 Å². The molecule has 3 unspecified atom stereocenters. The van der Waals surface area contributed by atoms with Gasteiger partial charge in [-0.3, -0.25) is 4.79 Å². The molecular weight excluding hydrogens is 342 g/mol. The van der Waals surface area contributed by atoms with Crippen LogP contribution in [0.1, 0.15) is 97.5 Å². The number of nitrogens with two attached hydrogens (primary N) is 1. The van der Waals surface area contributed by atoms with Gasteiger partial charge in [-0.25, -0.2) is 0 Å². The molecule has 5 rings (SSSR count). The Morgan fingerprint density at radius 1 is 0.929 bits per heavy atom. The Hall–Kier alpha value is -2.09. The topological polar surface area (TPSA) is 43.1 Å². The molecule has 3 aliphatic carbocycles. The molecule has 2 aromatic carbocycles. The predicted molar refractivity (Wildman–Crippen MR) is 114 cm³/mol. The van der Waals surface area contributed by atoms with Crippen molar-refractivity contribution in [2.24, 2.45) is 11.1 Å². The van der Waals surface area contributed by atoms with Gasteiger partial charge in [0.1, 0.15) is 0 Å². The van der Waals surface area contributed by atoms with Crippen molar-refractivity contribution in [1.29, 1.82) is 0 Å². The van der Waals surface area contributed by atoms with Crippen molar-refractivity contribution >= 4 is 5.91 Å². The molecule has 1 amide bonds. The molecule has 146 valence electrons. The van der Waals surface area contributed by atoms with Crippen molar-refractivity contribution in [2.45, 2.75) is 76.5 Å². The SMILES string of the molecule is CC1(C)CCC(C)(C)c2c(C3C4c5ccc(C(N)=O)cc5CC43C)cccc21. The number of amides is 1. The number of carbonyl (C=O) groups excluding carboxylic acids is 1. The molecule has 1 fully saturated rings. The van der Waals surface area contributed by atoms with Gasteiger partial charge in [-0.15, -0.1) is 0 Å². The van der Waals surface area contributed by atoms with Crippen LogP contribution in [-0.4, -0.2) is 5.91 Å². The number of rotatable bonds is 2. The summed E-state index contributed by atoms with van der Waals surface area (Å²) >= 11 is 0. The lowest BCUT2D eigenvalue weighted by Gasteiger charge is -2.43. The minimum Gasteiger partial charge on any atom is -0.366 e. The molecule has 2 aromatic rings. The Balaban J connectivity index is 1.61. The van der Waals surface area contributed by atoms with Crippen LogP contribution in [0.5, 0.6) is 0 Å². The zero-order chi connectivity index (χ0) is 20.1. The van der Waals surface area contributed by atoms with Crippen molar-refractivity contribution in [1.82, 2.24) is 0 Å². The standard InChI is InChI=1S/C26H31NO/c1-24(2)11-12-25(3,4)20-18(7-6-8-19(20)24)22-21-17-10-9-15(23(27)28)13-16(17)14-26(21,22)5/h6-10,13,21-22H,11-12,14H2,1-5H3,(H2,27,28). The van der Waals surface area contributed by atoms with Crippen molar-refractivity contribution in [3.8, 4) is 0 Å². The average molecular weight is 374 g/mol. The molecular formula is C26H31NO. The maximum absolute atomic E-state index is 11.6. The fraction of sp³-hybridized carbons (Fsp3) is 0.500. The number of primary amides is 1. The molecule has 0 heterocycles. The first-order chi connectivity index (χ1) is 13.1. The predicted octanol–water partition coefficient (Wildman–Crippen LogP) is 5.58. The maximum Gasteiger partial charge on any atom is 0.248 e. The number of fused-ring (bicyclic) bond motifs is 4. The van der Waals surface area contributed by atoms with Crippen molar-refractivity contribution in [3.05, 3.63) is 69.8 Å². The number of benzene rings is 2. The van der Waals surface area contributed by atoms with Crippen molar-refractivity contribution in [3.63, 3.8) is 0 Å². The smallest absolute Gasteiger partial charge is 0.248 e. The molecule has 2 nitrogen and oxygen atoms in total. The lowest BCUT2D eigenvalue weighted by atomic mass is 9.61. The summed E-state index contributed by atoms with van der Waals surface area (Å²) in [5.74, 6) is 0.825. The zero-order valence-electron chi connectivity index (χ0n) is 17.7. The maximum atomic E-state index is 11.6. The monoisotopic (exact) mass is 373 g/mol. The molecule has 1 saturated carbocycles. The second-order valence-corrected chi connectivity index (χ2v) is 11.0. The second-order valence-electron chi connectivity index (χ2n) is 11.0. The molecule has 3 atom stereocenters. The quantitative estimate of drug-likeness (QED) is 0.734. The largest absolute Gasteiger partial charge is 0.366 e. The van der Waals surface area contributed by atoms with E-state index in [0.29, 0.717) is 17.4 Å². The van der Waals surface area contributed by atoms with Crippen LogP contribution < -0.4 is 5.73 Å². The van der Waals surface area contributed by atoms with E-state index in [4.69, 9.17) is 5.73 Å². The molecule has 2 N–H and O–H groups in total. The van der Waals surface area contributed by atoms with Crippen molar-refractivity contribution < 1.29 is 4.79 Å². The van der Waals surface area contributed by atoms with Crippen LogP contribution in [-0.2, 0) is 17.3 Å².